The van der Waals surface area contributed by atoms with Crippen LogP contribution in [0, 0.1) is 0 Å². The molecular weight excluding hydrogens is 382 g/mol. The van der Waals surface area contributed by atoms with Gasteiger partial charge in [0.25, 0.3) is 11.8 Å². The SMILES string of the molecule is O=C(c1ccc(-c2ccc3c(c2)OCN3)cc1)N1CCN(C(=O)C2(O)CCC2)CC1. The Hall–Kier alpha value is -3.06. The van der Waals surface area contributed by atoms with Gasteiger partial charge < -0.3 is 25.0 Å². The molecule has 2 amide bonds. The van der Waals surface area contributed by atoms with Crippen LogP contribution in [0.2, 0.25) is 0 Å². The lowest BCUT2D eigenvalue weighted by molar-refractivity contribution is -0.161. The van der Waals surface area contributed by atoms with E-state index >= 15 is 0 Å². The van der Waals surface area contributed by atoms with Crippen molar-refractivity contribution in [3.63, 3.8) is 0 Å². The quantitative estimate of drug-likeness (QED) is 0.816. The minimum atomic E-state index is -1.17. The Balaban J connectivity index is 1.22. The van der Waals surface area contributed by atoms with Crippen LogP contribution in [0.5, 0.6) is 5.75 Å². The highest BCUT2D eigenvalue weighted by Gasteiger charge is 2.45. The lowest BCUT2D eigenvalue weighted by Gasteiger charge is -2.42. The van der Waals surface area contributed by atoms with Crippen LogP contribution < -0.4 is 10.1 Å². The Morgan fingerprint density at radius 3 is 2.27 bits per heavy atom. The number of piperazine rings is 1. The fourth-order valence-electron chi connectivity index (χ4n) is 4.28. The summed E-state index contributed by atoms with van der Waals surface area (Å²) in [5.41, 5.74) is 2.52. The first-order chi connectivity index (χ1) is 14.5. The van der Waals surface area contributed by atoms with Gasteiger partial charge in [0.1, 0.15) is 11.4 Å². The number of anilines is 1. The summed E-state index contributed by atoms with van der Waals surface area (Å²) in [6.07, 6.45) is 1.99. The molecular formula is C23H25N3O4. The fraction of sp³-hybridized carbons (Fsp3) is 0.391. The topological polar surface area (TPSA) is 82.1 Å². The van der Waals surface area contributed by atoms with Crippen LogP contribution in [0.1, 0.15) is 29.6 Å². The maximum absolute atomic E-state index is 12.9. The van der Waals surface area contributed by atoms with Crippen LogP contribution in [0.4, 0.5) is 5.69 Å². The van der Waals surface area contributed by atoms with E-state index in [1.807, 2.05) is 42.5 Å². The van der Waals surface area contributed by atoms with Crippen LogP contribution in [0.25, 0.3) is 11.1 Å². The van der Waals surface area contributed by atoms with Crippen molar-refractivity contribution < 1.29 is 19.4 Å². The summed E-state index contributed by atoms with van der Waals surface area (Å²) in [4.78, 5) is 28.8. The molecule has 2 N–H and O–H groups in total. The summed E-state index contributed by atoms with van der Waals surface area (Å²) in [6.45, 7) is 2.39. The smallest absolute Gasteiger partial charge is 0.254 e. The van der Waals surface area contributed by atoms with Crippen LogP contribution in [-0.2, 0) is 4.79 Å². The van der Waals surface area contributed by atoms with Gasteiger partial charge in [0.15, 0.2) is 6.73 Å². The Kier molecular flexibility index (Phi) is 4.62. The molecule has 2 heterocycles. The summed E-state index contributed by atoms with van der Waals surface area (Å²) in [5.74, 6) is 0.628. The molecule has 0 bridgehead atoms. The predicted molar refractivity (Wildman–Crippen MR) is 112 cm³/mol. The average molecular weight is 407 g/mol. The molecule has 1 saturated carbocycles. The Morgan fingerprint density at radius 2 is 1.60 bits per heavy atom. The molecule has 1 aliphatic carbocycles. The normalized spacial score (nSPS) is 19.4. The minimum absolute atomic E-state index is 0.0301. The molecule has 7 heteroatoms. The van der Waals surface area contributed by atoms with Crippen LogP contribution in [-0.4, -0.2) is 65.2 Å². The molecule has 0 spiro atoms. The van der Waals surface area contributed by atoms with E-state index in [2.05, 4.69) is 5.32 Å². The first kappa shape index (κ1) is 18.9. The standard InChI is InChI=1S/C23H25N3O4/c27-21(25-10-12-26(13-11-25)22(28)23(29)8-1-9-23)17-4-2-16(3-5-17)18-6-7-19-20(14-18)30-15-24-19/h2-7,14,24,29H,1,8-13,15H2. The summed E-state index contributed by atoms with van der Waals surface area (Å²) >= 11 is 0. The number of nitrogens with zero attached hydrogens (tertiary/aromatic N) is 2. The molecule has 2 aliphatic heterocycles. The van der Waals surface area contributed by atoms with Gasteiger partial charge in [0, 0.05) is 31.7 Å². The fourth-order valence-corrected chi connectivity index (χ4v) is 4.28. The first-order valence-electron chi connectivity index (χ1n) is 10.5. The molecule has 2 fully saturated rings. The van der Waals surface area contributed by atoms with Crippen molar-refractivity contribution in [3.05, 3.63) is 48.0 Å². The number of aliphatic hydroxyl groups is 1. The van der Waals surface area contributed by atoms with Crippen molar-refractivity contribution in [2.75, 3.05) is 38.2 Å². The van der Waals surface area contributed by atoms with Crippen molar-refractivity contribution in [2.24, 2.45) is 0 Å². The Morgan fingerprint density at radius 1 is 0.933 bits per heavy atom. The van der Waals surface area contributed by atoms with Crippen molar-refractivity contribution in [2.45, 2.75) is 24.9 Å². The molecule has 3 aliphatic rings. The maximum Gasteiger partial charge on any atom is 0.254 e. The van der Waals surface area contributed by atoms with E-state index in [0.29, 0.717) is 51.3 Å². The van der Waals surface area contributed by atoms with E-state index in [4.69, 9.17) is 4.74 Å². The number of amides is 2. The number of ether oxygens (including phenoxy) is 1. The summed E-state index contributed by atoms with van der Waals surface area (Å²) in [7, 11) is 0. The monoisotopic (exact) mass is 407 g/mol. The third kappa shape index (κ3) is 3.29. The lowest BCUT2D eigenvalue weighted by atomic mass is 9.79. The van der Waals surface area contributed by atoms with E-state index in [1.54, 1.807) is 9.80 Å². The summed E-state index contributed by atoms with van der Waals surface area (Å²) in [5, 5.41) is 13.4. The van der Waals surface area contributed by atoms with Crippen molar-refractivity contribution in [3.8, 4) is 16.9 Å². The lowest BCUT2D eigenvalue weighted by Crippen LogP contribution is -2.58. The van der Waals surface area contributed by atoms with Crippen molar-refractivity contribution >= 4 is 17.5 Å². The van der Waals surface area contributed by atoms with E-state index in [-0.39, 0.29) is 11.8 Å². The average Bonchev–Trinajstić information content (AvgIpc) is 3.24. The van der Waals surface area contributed by atoms with E-state index in [0.717, 1.165) is 29.0 Å². The Labute approximate surface area is 175 Å². The second kappa shape index (κ2) is 7.32. The zero-order valence-corrected chi connectivity index (χ0v) is 16.8. The number of hydrogen-bond donors (Lipinski definition) is 2. The zero-order valence-electron chi connectivity index (χ0n) is 16.8. The van der Waals surface area contributed by atoms with Gasteiger partial charge in [-0.1, -0.05) is 18.2 Å². The molecule has 0 unspecified atom stereocenters. The molecule has 0 aromatic heterocycles. The van der Waals surface area contributed by atoms with Gasteiger partial charge in [-0.15, -0.1) is 0 Å². The van der Waals surface area contributed by atoms with E-state index in [9.17, 15) is 14.7 Å². The van der Waals surface area contributed by atoms with Gasteiger partial charge in [-0.2, -0.15) is 0 Å². The number of nitrogens with one attached hydrogen (secondary N) is 1. The number of fused-ring (bicyclic) bond motifs is 1. The third-order valence-electron chi connectivity index (χ3n) is 6.37. The zero-order chi connectivity index (χ0) is 20.7. The summed E-state index contributed by atoms with van der Waals surface area (Å²) < 4.78 is 5.54. The second-order valence-electron chi connectivity index (χ2n) is 8.22. The predicted octanol–water partition coefficient (Wildman–Crippen LogP) is 2.31. The number of carbonyl (C=O) groups is 2. The molecule has 0 atom stereocenters. The largest absolute Gasteiger partial charge is 0.471 e. The number of hydrogen-bond acceptors (Lipinski definition) is 5. The number of benzene rings is 2. The third-order valence-corrected chi connectivity index (χ3v) is 6.37. The van der Waals surface area contributed by atoms with Gasteiger partial charge in [-0.3, -0.25) is 9.59 Å². The highest BCUT2D eigenvalue weighted by atomic mass is 16.5. The van der Waals surface area contributed by atoms with E-state index < -0.39 is 5.60 Å². The molecule has 30 heavy (non-hydrogen) atoms. The maximum atomic E-state index is 12.9. The molecule has 5 rings (SSSR count). The van der Waals surface area contributed by atoms with Crippen molar-refractivity contribution in [1.82, 2.24) is 9.80 Å². The Bertz CT molecular complexity index is 976. The molecule has 1 saturated heterocycles. The highest BCUT2D eigenvalue weighted by Crippen LogP contribution is 2.35. The molecule has 2 aromatic carbocycles. The molecule has 7 nitrogen and oxygen atoms in total. The second-order valence-corrected chi connectivity index (χ2v) is 8.22. The van der Waals surface area contributed by atoms with Crippen LogP contribution >= 0.6 is 0 Å². The van der Waals surface area contributed by atoms with Crippen LogP contribution in [0.3, 0.4) is 0 Å². The first-order valence-corrected chi connectivity index (χ1v) is 10.5. The highest BCUT2D eigenvalue weighted by molar-refractivity contribution is 5.95. The van der Waals surface area contributed by atoms with E-state index in [1.165, 1.54) is 0 Å². The van der Waals surface area contributed by atoms with Crippen LogP contribution in [0.15, 0.2) is 42.5 Å². The molecule has 0 radical (unpaired) electrons. The number of carbonyl (C=O) groups excluding carboxylic acids is 2. The van der Waals surface area contributed by atoms with Gasteiger partial charge >= 0.3 is 0 Å². The summed E-state index contributed by atoms with van der Waals surface area (Å²) in [6, 6.07) is 13.6. The van der Waals surface area contributed by atoms with Crippen molar-refractivity contribution in [1.29, 1.82) is 0 Å². The number of rotatable bonds is 3. The van der Waals surface area contributed by atoms with Gasteiger partial charge in [0.2, 0.25) is 0 Å². The van der Waals surface area contributed by atoms with Gasteiger partial charge in [0.05, 0.1) is 5.69 Å². The minimum Gasteiger partial charge on any atom is -0.471 e. The molecule has 156 valence electrons. The molecule has 2 aromatic rings. The van der Waals surface area contributed by atoms with Gasteiger partial charge in [-0.25, -0.2) is 0 Å². The van der Waals surface area contributed by atoms with Gasteiger partial charge in [-0.05, 0) is 54.7 Å².